The van der Waals surface area contributed by atoms with E-state index in [9.17, 15) is 14.7 Å². The van der Waals surface area contributed by atoms with E-state index in [-0.39, 0.29) is 42.2 Å². The Hall–Kier alpha value is -3.72. The monoisotopic (exact) mass is 440 g/mol. The molecule has 32 heavy (non-hydrogen) atoms. The molecule has 1 aliphatic heterocycles. The number of primary amides is 1. The summed E-state index contributed by atoms with van der Waals surface area (Å²) >= 11 is 0. The summed E-state index contributed by atoms with van der Waals surface area (Å²) in [6, 6.07) is 11.3. The molecule has 3 aromatic rings. The van der Waals surface area contributed by atoms with Crippen LogP contribution in [0.25, 0.3) is 11.0 Å². The predicted octanol–water partition coefficient (Wildman–Crippen LogP) is 2.60. The molecule has 0 spiro atoms. The van der Waals surface area contributed by atoms with E-state index in [1.807, 2.05) is 12.1 Å². The third-order valence-corrected chi connectivity index (χ3v) is 5.07. The summed E-state index contributed by atoms with van der Waals surface area (Å²) in [4.78, 5) is 23.5. The maximum Gasteiger partial charge on any atom is 0.287 e. The highest BCUT2D eigenvalue weighted by Gasteiger charge is 2.17. The topological polar surface area (TPSA) is 133 Å². The van der Waals surface area contributed by atoms with Crippen LogP contribution in [0.1, 0.15) is 33.8 Å². The van der Waals surface area contributed by atoms with Crippen LogP contribution in [0.3, 0.4) is 0 Å². The number of benzene rings is 2. The van der Waals surface area contributed by atoms with Crippen LogP contribution < -0.4 is 20.5 Å². The normalized spacial score (nSPS) is 14.2. The highest BCUT2D eigenvalue weighted by Crippen LogP contribution is 2.26. The highest BCUT2D eigenvalue weighted by molar-refractivity contribution is 5.96. The summed E-state index contributed by atoms with van der Waals surface area (Å²) in [5, 5.41) is 13.3. The second-order valence-corrected chi connectivity index (χ2v) is 7.39. The van der Waals surface area contributed by atoms with Crippen LogP contribution in [-0.4, -0.2) is 49.4 Å². The van der Waals surface area contributed by atoms with Gasteiger partial charge in [0.05, 0.1) is 25.3 Å². The minimum Gasteiger partial charge on any atom is -0.507 e. The highest BCUT2D eigenvalue weighted by atomic mass is 16.5. The summed E-state index contributed by atoms with van der Waals surface area (Å²) in [5.74, 6) is -0.0927. The lowest BCUT2D eigenvalue weighted by Gasteiger charge is -2.23. The van der Waals surface area contributed by atoms with Crippen LogP contribution in [0.15, 0.2) is 46.9 Å². The number of nitrogens with one attached hydrogen (secondary N) is 1. The molecule has 9 heteroatoms. The fraction of sp³-hybridized carbons (Fsp3) is 0.304. The Bertz CT molecular complexity index is 1120. The number of fused-ring (bicyclic) bond motifs is 1. The van der Waals surface area contributed by atoms with Gasteiger partial charge in [0.25, 0.3) is 11.8 Å². The zero-order valence-corrected chi connectivity index (χ0v) is 17.3. The van der Waals surface area contributed by atoms with Crippen molar-refractivity contribution in [2.45, 2.75) is 18.9 Å². The molecule has 9 nitrogen and oxygen atoms in total. The van der Waals surface area contributed by atoms with Crippen LogP contribution in [0.2, 0.25) is 0 Å². The Morgan fingerprint density at radius 3 is 2.62 bits per heavy atom. The Kier molecular flexibility index (Phi) is 6.46. The molecule has 0 atom stereocenters. The zero-order valence-electron chi connectivity index (χ0n) is 17.3. The van der Waals surface area contributed by atoms with Gasteiger partial charge in [-0.2, -0.15) is 0 Å². The van der Waals surface area contributed by atoms with Crippen molar-refractivity contribution in [3.8, 4) is 17.2 Å². The molecule has 0 radical (unpaired) electrons. The fourth-order valence-electron chi connectivity index (χ4n) is 3.42. The fourth-order valence-corrected chi connectivity index (χ4v) is 3.42. The number of carbonyl (C=O) groups is 2. The van der Waals surface area contributed by atoms with Gasteiger partial charge < -0.3 is 34.8 Å². The predicted molar refractivity (Wildman–Crippen MR) is 115 cm³/mol. The lowest BCUT2D eigenvalue weighted by Crippen LogP contribution is -2.27. The van der Waals surface area contributed by atoms with Crippen molar-refractivity contribution in [2.24, 2.45) is 5.73 Å². The second kappa shape index (κ2) is 9.61. The van der Waals surface area contributed by atoms with Gasteiger partial charge in [-0.05, 0) is 36.4 Å². The van der Waals surface area contributed by atoms with Crippen molar-refractivity contribution in [3.05, 3.63) is 53.8 Å². The number of hydrogen-bond acceptors (Lipinski definition) is 7. The van der Waals surface area contributed by atoms with Gasteiger partial charge in [-0.25, -0.2) is 0 Å². The molecule has 1 fully saturated rings. The Morgan fingerprint density at radius 1 is 1.09 bits per heavy atom. The van der Waals surface area contributed by atoms with E-state index in [2.05, 4.69) is 5.32 Å². The van der Waals surface area contributed by atoms with Gasteiger partial charge in [0.2, 0.25) is 0 Å². The van der Waals surface area contributed by atoms with E-state index in [0.717, 1.165) is 24.0 Å². The number of rotatable bonds is 8. The number of amides is 2. The van der Waals surface area contributed by atoms with Crippen molar-refractivity contribution in [1.82, 2.24) is 5.32 Å². The summed E-state index contributed by atoms with van der Waals surface area (Å²) in [6.07, 6.45) is 1.84. The van der Waals surface area contributed by atoms with E-state index in [0.29, 0.717) is 24.5 Å². The molecule has 168 valence electrons. The first-order valence-electron chi connectivity index (χ1n) is 10.3. The summed E-state index contributed by atoms with van der Waals surface area (Å²) in [6.45, 7) is 1.77. The molecule has 0 bridgehead atoms. The van der Waals surface area contributed by atoms with Gasteiger partial charge in [0, 0.05) is 24.3 Å². The minimum atomic E-state index is -0.727. The number of furan rings is 1. The van der Waals surface area contributed by atoms with Crippen molar-refractivity contribution in [2.75, 3.05) is 26.4 Å². The molecular weight excluding hydrogens is 416 g/mol. The number of aromatic hydroxyl groups is 1. The first kappa shape index (κ1) is 21.5. The van der Waals surface area contributed by atoms with Crippen LogP contribution in [0.5, 0.6) is 17.2 Å². The van der Waals surface area contributed by atoms with Gasteiger partial charge in [-0.15, -0.1) is 0 Å². The Labute approximate surface area is 184 Å². The third kappa shape index (κ3) is 5.12. The second-order valence-electron chi connectivity index (χ2n) is 7.39. The number of ether oxygens (including phenoxy) is 3. The molecule has 0 saturated carbocycles. The van der Waals surface area contributed by atoms with Gasteiger partial charge in [0.1, 0.15) is 35.5 Å². The molecule has 2 amide bonds. The standard InChI is InChI=1S/C23H24N2O7/c24-22(27)18-3-1-16(13-19(18)26)30-10-7-25-23(28)21-12-14-11-17(2-4-20(14)32-21)31-15-5-8-29-9-6-15/h1-4,11-13,15,26H,5-10H2,(H2,24,27)(H,25,28). The Morgan fingerprint density at radius 2 is 1.88 bits per heavy atom. The molecule has 0 unspecified atom stereocenters. The number of hydrogen-bond donors (Lipinski definition) is 3. The number of phenols is 1. The Balaban J connectivity index is 1.29. The molecule has 1 aromatic heterocycles. The SMILES string of the molecule is NC(=O)c1ccc(OCCNC(=O)c2cc3cc(OC4CCOCC4)ccc3o2)cc1O. The van der Waals surface area contributed by atoms with E-state index in [1.54, 1.807) is 12.1 Å². The molecule has 1 saturated heterocycles. The van der Waals surface area contributed by atoms with Crippen molar-refractivity contribution in [3.63, 3.8) is 0 Å². The lowest BCUT2D eigenvalue weighted by atomic mass is 10.1. The van der Waals surface area contributed by atoms with Gasteiger partial charge in [-0.1, -0.05) is 0 Å². The minimum absolute atomic E-state index is 0.0110. The average Bonchev–Trinajstić information content (AvgIpc) is 3.21. The lowest BCUT2D eigenvalue weighted by molar-refractivity contribution is 0.0256. The molecule has 1 aliphatic rings. The van der Waals surface area contributed by atoms with Crippen molar-refractivity contribution >= 4 is 22.8 Å². The van der Waals surface area contributed by atoms with E-state index >= 15 is 0 Å². The van der Waals surface area contributed by atoms with Crippen LogP contribution in [-0.2, 0) is 4.74 Å². The number of nitrogens with two attached hydrogens (primary N) is 1. The molecule has 2 aromatic carbocycles. The van der Waals surface area contributed by atoms with Crippen molar-refractivity contribution in [1.29, 1.82) is 0 Å². The van der Waals surface area contributed by atoms with Gasteiger partial charge in [-0.3, -0.25) is 9.59 Å². The summed E-state index contributed by atoms with van der Waals surface area (Å²) in [7, 11) is 0. The van der Waals surface area contributed by atoms with Crippen LogP contribution in [0, 0.1) is 0 Å². The van der Waals surface area contributed by atoms with E-state index in [1.165, 1.54) is 18.2 Å². The van der Waals surface area contributed by atoms with Crippen LogP contribution in [0.4, 0.5) is 0 Å². The number of carbonyl (C=O) groups excluding carboxylic acids is 2. The smallest absolute Gasteiger partial charge is 0.287 e. The molecular formula is C23H24N2O7. The molecule has 2 heterocycles. The van der Waals surface area contributed by atoms with E-state index in [4.69, 9.17) is 24.4 Å². The maximum absolute atomic E-state index is 12.4. The summed E-state index contributed by atoms with van der Waals surface area (Å²) in [5.41, 5.74) is 5.75. The largest absolute Gasteiger partial charge is 0.507 e. The van der Waals surface area contributed by atoms with Crippen molar-refractivity contribution < 1.29 is 33.3 Å². The quantitative estimate of drug-likeness (QED) is 0.459. The van der Waals surface area contributed by atoms with Gasteiger partial charge in [0.15, 0.2) is 5.76 Å². The van der Waals surface area contributed by atoms with Gasteiger partial charge >= 0.3 is 0 Å². The molecule has 4 rings (SSSR count). The third-order valence-electron chi connectivity index (χ3n) is 5.07. The molecule has 4 N–H and O–H groups in total. The maximum atomic E-state index is 12.4. The van der Waals surface area contributed by atoms with Crippen LogP contribution >= 0.6 is 0 Å². The van der Waals surface area contributed by atoms with E-state index < -0.39 is 5.91 Å². The first-order chi connectivity index (χ1) is 15.5. The average molecular weight is 440 g/mol. The summed E-state index contributed by atoms with van der Waals surface area (Å²) < 4.78 is 22.5. The molecule has 0 aliphatic carbocycles. The zero-order chi connectivity index (χ0) is 22.5. The first-order valence-corrected chi connectivity index (χ1v) is 10.3.